The van der Waals surface area contributed by atoms with Gasteiger partial charge in [0.15, 0.2) is 0 Å². The predicted octanol–water partition coefficient (Wildman–Crippen LogP) is 6.04. The zero-order chi connectivity index (χ0) is 13.5. The first-order valence-electron chi connectivity index (χ1n) is 8.04. The summed E-state index contributed by atoms with van der Waals surface area (Å²) in [6.07, 6.45) is 11.1. The molecule has 1 aliphatic rings. The van der Waals surface area contributed by atoms with Crippen molar-refractivity contribution in [1.82, 2.24) is 0 Å². The fourth-order valence-corrected chi connectivity index (χ4v) is 3.85. The van der Waals surface area contributed by atoms with Gasteiger partial charge >= 0.3 is 0 Å². The molecule has 0 aromatic carbocycles. The maximum Gasteiger partial charge on any atom is -0.0102 e. The molecule has 0 amide bonds. The van der Waals surface area contributed by atoms with E-state index in [0.29, 0.717) is 0 Å². The summed E-state index contributed by atoms with van der Waals surface area (Å²) in [6, 6.07) is 0. The van der Waals surface area contributed by atoms with Crippen LogP contribution in [-0.4, -0.2) is 4.86 Å². The normalized spacial score (nSPS) is 32.4. The second-order valence-electron chi connectivity index (χ2n) is 6.64. The molecule has 0 aliphatic heterocycles. The average Bonchev–Trinajstić information content (AvgIpc) is 2.32. The first kappa shape index (κ1) is 16.1. The maximum atomic E-state index is 5.13. The third-order valence-electron chi connectivity index (χ3n) is 5.15. The van der Waals surface area contributed by atoms with E-state index in [1.54, 1.807) is 0 Å². The molecule has 18 heavy (non-hydrogen) atoms. The van der Waals surface area contributed by atoms with Crippen molar-refractivity contribution >= 4 is 17.1 Å². The minimum Gasteiger partial charge on any atom is -0.0900 e. The van der Waals surface area contributed by atoms with E-state index in [2.05, 4.69) is 27.7 Å². The van der Waals surface area contributed by atoms with Gasteiger partial charge in [0.05, 0.1) is 0 Å². The van der Waals surface area contributed by atoms with Crippen LogP contribution in [0.3, 0.4) is 0 Å². The van der Waals surface area contributed by atoms with Crippen molar-refractivity contribution in [2.75, 3.05) is 0 Å². The minimum atomic E-state index is 0.942. The molecule has 0 N–H and O–H groups in total. The molecule has 1 aliphatic carbocycles. The molecule has 0 aromatic rings. The van der Waals surface area contributed by atoms with Gasteiger partial charge in [0, 0.05) is 0 Å². The highest BCUT2D eigenvalue weighted by atomic mass is 32.1. The molecule has 4 atom stereocenters. The molecule has 0 aromatic heterocycles. The monoisotopic (exact) mass is 268 g/mol. The SMILES string of the molecule is CCC1CC(CCCCCC(C)=S)CC(C)C1C. The number of hydrogen-bond donors (Lipinski definition) is 0. The largest absolute Gasteiger partial charge is 0.0900 e. The molecule has 0 nitrogen and oxygen atoms in total. The Labute approximate surface area is 120 Å². The zero-order valence-electron chi connectivity index (χ0n) is 12.9. The molecule has 1 saturated carbocycles. The van der Waals surface area contributed by atoms with Gasteiger partial charge in [0.2, 0.25) is 0 Å². The second kappa shape index (κ2) is 8.30. The highest BCUT2D eigenvalue weighted by Gasteiger charge is 2.31. The third kappa shape index (κ3) is 5.38. The summed E-state index contributed by atoms with van der Waals surface area (Å²) in [7, 11) is 0. The van der Waals surface area contributed by atoms with Crippen LogP contribution in [-0.2, 0) is 0 Å². The molecule has 0 bridgehead atoms. The lowest BCUT2D eigenvalue weighted by Gasteiger charge is -2.38. The lowest BCUT2D eigenvalue weighted by molar-refractivity contribution is 0.119. The molecule has 0 radical (unpaired) electrons. The van der Waals surface area contributed by atoms with E-state index in [1.165, 1.54) is 49.8 Å². The Hall–Kier alpha value is 0.0900. The maximum absolute atomic E-state index is 5.13. The van der Waals surface area contributed by atoms with Crippen LogP contribution in [0.4, 0.5) is 0 Å². The lowest BCUT2D eigenvalue weighted by Crippen LogP contribution is -2.29. The lowest BCUT2D eigenvalue weighted by atomic mass is 9.67. The number of unbranched alkanes of at least 4 members (excludes halogenated alkanes) is 2. The molecular formula is C17H32S. The summed E-state index contributed by atoms with van der Waals surface area (Å²) < 4.78 is 0. The Morgan fingerprint density at radius 1 is 1.11 bits per heavy atom. The summed E-state index contributed by atoms with van der Waals surface area (Å²) in [4.78, 5) is 1.18. The summed E-state index contributed by atoms with van der Waals surface area (Å²) in [5.74, 6) is 3.89. The summed E-state index contributed by atoms with van der Waals surface area (Å²) in [5, 5.41) is 0. The second-order valence-corrected chi connectivity index (χ2v) is 7.34. The Morgan fingerprint density at radius 2 is 1.83 bits per heavy atom. The quantitative estimate of drug-likeness (QED) is 0.401. The van der Waals surface area contributed by atoms with Crippen LogP contribution in [0.5, 0.6) is 0 Å². The van der Waals surface area contributed by atoms with Gasteiger partial charge in [-0.25, -0.2) is 0 Å². The highest BCUT2D eigenvalue weighted by Crippen LogP contribution is 2.41. The van der Waals surface area contributed by atoms with Crippen LogP contribution in [0, 0.1) is 23.7 Å². The Balaban J connectivity index is 2.20. The van der Waals surface area contributed by atoms with E-state index in [4.69, 9.17) is 12.2 Å². The van der Waals surface area contributed by atoms with E-state index in [-0.39, 0.29) is 0 Å². The number of hydrogen-bond acceptors (Lipinski definition) is 1. The van der Waals surface area contributed by atoms with E-state index in [0.717, 1.165) is 30.1 Å². The Kier molecular flexibility index (Phi) is 7.44. The van der Waals surface area contributed by atoms with Crippen molar-refractivity contribution in [2.24, 2.45) is 23.7 Å². The number of rotatable bonds is 7. The first-order valence-corrected chi connectivity index (χ1v) is 8.44. The fourth-order valence-electron chi connectivity index (χ4n) is 3.70. The third-order valence-corrected chi connectivity index (χ3v) is 5.35. The molecule has 1 rings (SSSR count). The van der Waals surface area contributed by atoms with Gasteiger partial charge in [0.25, 0.3) is 0 Å². The molecule has 0 spiro atoms. The van der Waals surface area contributed by atoms with Crippen LogP contribution in [0.15, 0.2) is 0 Å². The summed E-state index contributed by atoms with van der Waals surface area (Å²) in [6.45, 7) is 9.39. The van der Waals surface area contributed by atoms with Crippen LogP contribution in [0.2, 0.25) is 0 Å². The summed E-state index contributed by atoms with van der Waals surface area (Å²) >= 11 is 5.13. The average molecular weight is 269 g/mol. The van der Waals surface area contributed by atoms with Crippen molar-refractivity contribution in [3.8, 4) is 0 Å². The molecule has 1 fully saturated rings. The van der Waals surface area contributed by atoms with Gasteiger partial charge in [-0.1, -0.05) is 58.7 Å². The minimum absolute atomic E-state index is 0.942. The van der Waals surface area contributed by atoms with E-state index < -0.39 is 0 Å². The summed E-state index contributed by atoms with van der Waals surface area (Å²) in [5.41, 5.74) is 0. The van der Waals surface area contributed by atoms with Crippen molar-refractivity contribution in [2.45, 2.75) is 79.1 Å². The topological polar surface area (TPSA) is 0 Å². The van der Waals surface area contributed by atoms with Gasteiger partial charge in [0.1, 0.15) is 0 Å². The van der Waals surface area contributed by atoms with Crippen molar-refractivity contribution in [1.29, 1.82) is 0 Å². The van der Waals surface area contributed by atoms with Gasteiger partial charge < -0.3 is 0 Å². The van der Waals surface area contributed by atoms with E-state index >= 15 is 0 Å². The van der Waals surface area contributed by atoms with Crippen molar-refractivity contribution < 1.29 is 0 Å². The van der Waals surface area contributed by atoms with Crippen LogP contribution in [0.25, 0.3) is 0 Å². The van der Waals surface area contributed by atoms with Gasteiger partial charge in [-0.2, -0.15) is 0 Å². The van der Waals surface area contributed by atoms with Crippen LogP contribution >= 0.6 is 12.2 Å². The van der Waals surface area contributed by atoms with Crippen LogP contribution < -0.4 is 0 Å². The Morgan fingerprint density at radius 3 is 2.44 bits per heavy atom. The van der Waals surface area contributed by atoms with Crippen molar-refractivity contribution in [3.05, 3.63) is 0 Å². The molecule has 0 heterocycles. The van der Waals surface area contributed by atoms with Crippen LogP contribution in [0.1, 0.15) is 79.1 Å². The molecular weight excluding hydrogens is 236 g/mol. The molecule has 4 unspecified atom stereocenters. The predicted molar refractivity (Wildman–Crippen MR) is 86.2 cm³/mol. The molecule has 1 heteroatoms. The van der Waals surface area contributed by atoms with Gasteiger partial charge in [-0.05, 0) is 61.1 Å². The van der Waals surface area contributed by atoms with E-state index in [1.807, 2.05) is 0 Å². The highest BCUT2D eigenvalue weighted by molar-refractivity contribution is 7.80. The van der Waals surface area contributed by atoms with Gasteiger partial charge in [-0.3, -0.25) is 0 Å². The van der Waals surface area contributed by atoms with Gasteiger partial charge in [-0.15, -0.1) is 0 Å². The fraction of sp³-hybridized carbons (Fsp3) is 0.941. The molecule has 0 saturated heterocycles. The first-order chi connectivity index (χ1) is 8.54. The van der Waals surface area contributed by atoms with E-state index in [9.17, 15) is 0 Å². The Bertz CT molecular complexity index is 246. The number of thiocarbonyl (C=S) groups is 1. The van der Waals surface area contributed by atoms with Crippen molar-refractivity contribution in [3.63, 3.8) is 0 Å². The standard InChI is InChI=1S/C17H32S/c1-5-17-12-16(11-13(2)15(17)4)10-8-6-7-9-14(3)18/h13,15-17H,5-12H2,1-4H3. The molecule has 106 valence electrons. The smallest absolute Gasteiger partial charge is 0.0102 e. The zero-order valence-corrected chi connectivity index (χ0v) is 13.7.